The van der Waals surface area contributed by atoms with Crippen LogP contribution in [0.4, 0.5) is 11.5 Å². The molecule has 156 valence electrons. The molecule has 0 atom stereocenters. The fraction of sp³-hybridized carbons (Fsp3) is 0.100. The zero-order valence-corrected chi connectivity index (χ0v) is 17.8. The number of fused-ring (bicyclic) bond motifs is 1. The van der Waals surface area contributed by atoms with Crippen LogP contribution in [0.25, 0.3) is 11.4 Å². The number of nitro benzene ring substituents is 1. The highest BCUT2D eigenvalue weighted by Crippen LogP contribution is 2.41. The predicted octanol–water partition coefficient (Wildman–Crippen LogP) is 4.59. The van der Waals surface area contributed by atoms with Crippen molar-refractivity contribution >= 4 is 51.7 Å². The summed E-state index contributed by atoms with van der Waals surface area (Å²) in [5.74, 6) is -0.175. The van der Waals surface area contributed by atoms with E-state index in [4.69, 9.17) is 11.6 Å². The minimum absolute atomic E-state index is 0.108. The molecule has 0 unspecified atom stereocenters. The summed E-state index contributed by atoms with van der Waals surface area (Å²) < 4.78 is 1.39. The van der Waals surface area contributed by atoms with E-state index in [1.165, 1.54) is 36.6 Å². The molecule has 1 aliphatic heterocycles. The summed E-state index contributed by atoms with van der Waals surface area (Å²) in [6.07, 6.45) is 0. The van der Waals surface area contributed by atoms with Crippen molar-refractivity contribution in [1.82, 2.24) is 9.55 Å². The van der Waals surface area contributed by atoms with Crippen molar-refractivity contribution in [2.75, 3.05) is 5.01 Å². The van der Waals surface area contributed by atoms with E-state index >= 15 is 0 Å². The molecule has 31 heavy (non-hydrogen) atoms. The topological polar surface area (TPSA) is 111 Å². The number of amides is 1. The quantitative estimate of drug-likeness (QED) is 0.421. The van der Waals surface area contributed by atoms with Gasteiger partial charge in [-0.25, -0.2) is 4.98 Å². The lowest BCUT2D eigenvalue weighted by Gasteiger charge is -2.21. The van der Waals surface area contributed by atoms with Gasteiger partial charge in [-0.1, -0.05) is 23.7 Å². The summed E-state index contributed by atoms with van der Waals surface area (Å²) in [5, 5.41) is 17.9. The van der Waals surface area contributed by atoms with Gasteiger partial charge >= 0.3 is 0 Å². The predicted molar refractivity (Wildman–Crippen MR) is 118 cm³/mol. The highest BCUT2D eigenvalue weighted by Gasteiger charge is 2.33. The number of imidazole rings is 1. The molecule has 0 saturated heterocycles. The van der Waals surface area contributed by atoms with Gasteiger partial charge in [0.25, 0.3) is 5.69 Å². The van der Waals surface area contributed by atoms with Crippen LogP contribution in [-0.2, 0) is 4.79 Å². The minimum atomic E-state index is -0.510. The first kappa shape index (κ1) is 20.8. The largest absolute Gasteiger partial charge is 0.274 e. The van der Waals surface area contributed by atoms with Crippen molar-refractivity contribution < 1.29 is 14.5 Å². The number of thioether (sulfide) groups is 1. The van der Waals surface area contributed by atoms with Crippen LogP contribution in [0.3, 0.4) is 0 Å². The monoisotopic (exact) mass is 455 g/mol. The molecule has 0 radical (unpaired) electrons. The number of aromatic nitrogens is 2. The van der Waals surface area contributed by atoms with Crippen molar-refractivity contribution in [3.05, 3.63) is 69.2 Å². The average Bonchev–Trinajstić information content (AvgIpc) is 3.13. The molecule has 9 nitrogen and oxygen atoms in total. The van der Waals surface area contributed by atoms with Crippen molar-refractivity contribution in [3.63, 3.8) is 0 Å². The summed E-state index contributed by atoms with van der Waals surface area (Å²) in [4.78, 5) is 40.1. The number of carbonyl (C=O) groups is 2. The van der Waals surface area contributed by atoms with Crippen LogP contribution >= 0.6 is 23.4 Å². The molecule has 0 aliphatic carbocycles. The Morgan fingerprint density at radius 1 is 1.06 bits per heavy atom. The molecule has 2 aromatic carbocycles. The zero-order valence-electron chi connectivity index (χ0n) is 16.3. The van der Waals surface area contributed by atoms with Gasteiger partial charge in [-0.15, -0.1) is 0 Å². The van der Waals surface area contributed by atoms with Gasteiger partial charge in [0, 0.05) is 42.1 Å². The molecule has 0 spiro atoms. The SMILES string of the molecule is CC(=O)N1N=C(c2cccc([N+](=O)[O-])c2)Sc2c1nc(-c1ccc(Cl)cc1)n2C(C)=O. The molecule has 0 bridgehead atoms. The number of rotatable bonds is 3. The number of hydrogen-bond donors (Lipinski definition) is 0. The molecule has 1 aliphatic rings. The highest BCUT2D eigenvalue weighted by molar-refractivity contribution is 8.14. The van der Waals surface area contributed by atoms with E-state index in [2.05, 4.69) is 10.1 Å². The number of hydrazone groups is 1. The first-order valence-corrected chi connectivity index (χ1v) is 10.2. The van der Waals surface area contributed by atoms with E-state index in [-0.39, 0.29) is 17.4 Å². The molecule has 0 N–H and O–H groups in total. The molecular weight excluding hydrogens is 442 g/mol. The number of benzene rings is 2. The summed E-state index contributed by atoms with van der Waals surface area (Å²) in [5.41, 5.74) is 0.971. The third-order valence-corrected chi connectivity index (χ3v) is 5.74. The summed E-state index contributed by atoms with van der Waals surface area (Å²) in [6, 6.07) is 12.7. The molecule has 1 aromatic heterocycles. The van der Waals surface area contributed by atoms with E-state index in [0.717, 1.165) is 16.8 Å². The van der Waals surface area contributed by atoms with E-state index < -0.39 is 10.8 Å². The Hall–Kier alpha value is -3.50. The second kappa shape index (κ2) is 7.97. The Labute approximate surface area is 185 Å². The molecule has 3 aromatic rings. The number of non-ortho nitro benzene ring substituents is 1. The van der Waals surface area contributed by atoms with Gasteiger partial charge in [0.05, 0.1) is 4.92 Å². The average molecular weight is 456 g/mol. The number of carbonyl (C=O) groups excluding carboxylic acids is 2. The number of nitro groups is 1. The summed E-state index contributed by atoms with van der Waals surface area (Å²) in [6.45, 7) is 2.71. The van der Waals surface area contributed by atoms with Crippen LogP contribution in [0, 0.1) is 10.1 Å². The van der Waals surface area contributed by atoms with Crippen molar-refractivity contribution in [1.29, 1.82) is 0 Å². The lowest BCUT2D eigenvalue weighted by molar-refractivity contribution is -0.384. The van der Waals surface area contributed by atoms with Gasteiger partial charge in [0.1, 0.15) is 15.9 Å². The standard InChI is InChI=1S/C20H14ClN5O4S/c1-11(27)24-17(13-6-8-15(21)9-7-13)22-18-20(24)31-19(23-25(18)12(2)28)14-4-3-5-16(10-14)26(29)30/h3-10H,1-2H3. The van der Waals surface area contributed by atoms with Crippen LogP contribution in [0.15, 0.2) is 58.7 Å². The Morgan fingerprint density at radius 3 is 2.39 bits per heavy atom. The van der Waals surface area contributed by atoms with Gasteiger partial charge < -0.3 is 0 Å². The molecule has 0 fully saturated rings. The lowest BCUT2D eigenvalue weighted by atomic mass is 10.2. The van der Waals surface area contributed by atoms with Gasteiger partial charge in [-0.3, -0.25) is 24.3 Å². The molecule has 2 heterocycles. The van der Waals surface area contributed by atoms with E-state index in [9.17, 15) is 19.7 Å². The Morgan fingerprint density at radius 2 is 1.77 bits per heavy atom. The zero-order chi connectivity index (χ0) is 22.3. The maximum absolute atomic E-state index is 12.6. The highest BCUT2D eigenvalue weighted by atomic mass is 35.5. The molecular formula is C20H14ClN5O4S. The number of nitrogens with zero attached hydrogens (tertiary/aromatic N) is 5. The van der Waals surface area contributed by atoms with Crippen molar-refractivity contribution in [2.24, 2.45) is 5.10 Å². The first-order valence-electron chi connectivity index (χ1n) is 8.98. The molecule has 11 heteroatoms. The van der Waals surface area contributed by atoms with Crippen LogP contribution in [0.2, 0.25) is 5.02 Å². The van der Waals surface area contributed by atoms with E-state index in [1.807, 2.05) is 0 Å². The van der Waals surface area contributed by atoms with E-state index in [0.29, 0.717) is 32.0 Å². The second-order valence-corrected chi connectivity index (χ2v) is 7.98. The number of anilines is 1. The molecule has 4 rings (SSSR count). The van der Waals surface area contributed by atoms with Gasteiger partial charge in [0.15, 0.2) is 5.82 Å². The van der Waals surface area contributed by atoms with Crippen LogP contribution in [0.5, 0.6) is 0 Å². The minimum Gasteiger partial charge on any atom is -0.274 e. The normalized spacial score (nSPS) is 12.9. The van der Waals surface area contributed by atoms with Crippen LogP contribution in [-0.4, -0.2) is 31.3 Å². The van der Waals surface area contributed by atoms with Crippen molar-refractivity contribution in [3.8, 4) is 11.4 Å². The fourth-order valence-corrected chi connectivity index (χ4v) is 4.25. The van der Waals surface area contributed by atoms with Gasteiger partial charge in [-0.2, -0.15) is 10.1 Å². The number of hydrogen-bond acceptors (Lipinski definition) is 7. The van der Waals surface area contributed by atoms with Crippen LogP contribution < -0.4 is 5.01 Å². The lowest BCUT2D eigenvalue weighted by Crippen LogP contribution is -2.28. The summed E-state index contributed by atoms with van der Waals surface area (Å²) in [7, 11) is 0. The van der Waals surface area contributed by atoms with E-state index in [1.54, 1.807) is 30.3 Å². The fourth-order valence-electron chi connectivity index (χ4n) is 3.05. The second-order valence-electron chi connectivity index (χ2n) is 6.57. The van der Waals surface area contributed by atoms with Crippen molar-refractivity contribution in [2.45, 2.75) is 18.9 Å². The third-order valence-electron chi connectivity index (χ3n) is 4.42. The Kier molecular flexibility index (Phi) is 5.34. The Balaban J connectivity index is 1.88. The summed E-state index contributed by atoms with van der Waals surface area (Å²) >= 11 is 7.08. The maximum Gasteiger partial charge on any atom is 0.270 e. The maximum atomic E-state index is 12.6. The molecule has 1 amide bonds. The molecule has 0 saturated carbocycles. The Bertz CT molecular complexity index is 1270. The van der Waals surface area contributed by atoms with Crippen LogP contribution in [0.1, 0.15) is 24.2 Å². The van der Waals surface area contributed by atoms with Gasteiger partial charge in [-0.05, 0) is 36.0 Å². The first-order chi connectivity index (χ1) is 14.8. The smallest absolute Gasteiger partial charge is 0.270 e. The van der Waals surface area contributed by atoms with Gasteiger partial charge in [0.2, 0.25) is 11.8 Å². The number of halogens is 1. The third kappa shape index (κ3) is 3.82.